The number of hydrogen-bond donors (Lipinski definition) is 2. The number of hydrogen-bond acceptors (Lipinski definition) is 3. The Morgan fingerprint density at radius 3 is 2.52 bits per heavy atom. The Labute approximate surface area is 164 Å². The summed E-state index contributed by atoms with van der Waals surface area (Å²) < 4.78 is 0. The lowest BCUT2D eigenvalue weighted by atomic mass is 9.93. The van der Waals surface area contributed by atoms with Crippen LogP contribution in [0.2, 0.25) is 0 Å². The molecule has 2 rings (SSSR count). The Hall–Kier alpha value is 0.310. The molecule has 4 nitrogen and oxygen atoms in total. The number of piperidine rings is 1. The van der Waals surface area contributed by atoms with Gasteiger partial charge in [0.25, 0.3) is 0 Å². The van der Waals surface area contributed by atoms with E-state index in [4.69, 9.17) is 0 Å². The minimum absolute atomic E-state index is 0. The maximum atomic E-state index is 4.39. The van der Waals surface area contributed by atoms with Crippen LogP contribution in [0.3, 0.4) is 0 Å². The van der Waals surface area contributed by atoms with E-state index in [1.165, 1.54) is 58.2 Å². The molecule has 2 fully saturated rings. The molecule has 0 aromatic carbocycles. The first-order valence-corrected chi connectivity index (χ1v) is 10.3. The minimum atomic E-state index is 0. The van der Waals surface area contributed by atoms with E-state index < -0.39 is 0 Å². The molecule has 1 aliphatic heterocycles. The zero-order chi connectivity index (χ0) is 15.8. The number of nitrogens with one attached hydrogen (secondary N) is 2. The van der Waals surface area contributed by atoms with Gasteiger partial charge in [-0.25, -0.2) is 0 Å². The van der Waals surface area contributed by atoms with Gasteiger partial charge in [0.05, 0.1) is 0 Å². The summed E-state index contributed by atoms with van der Waals surface area (Å²) in [6.45, 7) is 7.09. The van der Waals surface area contributed by atoms with Gasteiger partial charge in [-0.05, 0) is 70.3 Å². The molecule has 6 heteroatoms. The quantitative estimate of drug-likeness (QED) is 0.368. The monoisotopic (exact) mass is 454 g/mol. The molecule has 1 saturated heterocycles. The number of guanidine groups is 1. The van der Waals surface area contributed by atoms with Crippen LogP contribution in [0, 0.1) is 5.92 Å². The third-order valence-electron chi connectivity index (χ3n) is 5.28. The van der Waals surface area contributed by atoms with Crippen molar-refractivity contribution in [3.63, 3.8) is 0 Å². The molecule has 0 aromatic rings. The molecule has 1 aliphatic carbocycles. The predicted molar refractivity (Wildman–Crippen MR) is 114 cm³/mol. The molecule has 0 aromatic heterocycles. The van der Waals surface area contributed by atoms with Crippen LogP contribution >= 0.6 is 35.7 Å². The molecule has 23 heavy (non-hydrogen) atoms. The molecule has 0 bridgehead atoms. The van der Waals surface area contributed by atoms with Crippen LogP contribution in [0.4, 0.5) is 0 Å². The summed E-state index contributed by atoms with van der Waals surface area (Å²) in [7, 11) is 1.88. The van der Waals surface area contributed by atoms with E-state index in [9.17, 15) is 0 Å². The van der Waals surface area contributed by atoms with Crippen molar-refractivity contribution in [2.24, 2.45) is 10.9 Å². The fourth-order valence-electron chi connectivity index (χ4n) is 3.66. The van der Waals surface area contributed by atoms with Gasteiger partial charge in [-0.1, -0.05) is 6.92 Å². The SMILES string of the molecule is CCN1CCC(CCNC(=NC)NC2CCC(SC)C2)CC1.I. The topological polar surface area (TPSA) is 39.7 Å². The van der Waals surface area contributed by atoms with Crippen molar-refractivity contribution in [3.8, 4) is 0 Å². The van der Waals surface area contributed by atoms with Crippen LogP contribution in [0.1, 0.15) is 45.4 Å². The van der Waals surface area contributed by atoms with E-state index in [2.05, 4.69) is 33.7 Å². The summed E-state index contributed by atoms with van der Waals surface area (Å²) in [4.78, 5) is 6.95. The maximum absolute atomic E-state index is 4.39. The first-order chi connectivity index (χ1) is 10.7. The summed E-state index contributed by atoms with van der Waals surface area (Å²) in [5.74, 6) is 1.89. The molecule has 2 aliphatic rings. The normalized spacial score (nSPS) is 26.8. The summed E-state index contributed by atoms with van der Waals surface area (Å²) >= 11 is 2.01. The van der Waals surface area contributed by atoms with Crippen molar-refractivity contribution in [3.05, 3.63) is 0 Å². The first-order valence-electron chi connectivity index (χ1n) is 8.97. The van der Waals surface area contributed by atoms with Gasteiger partial charge in [0, 0.05) is 24.9 Å². The average Bonchev–Trinajstić information content (AvgIpc) is 3.02. The molecular formula is C17H35IN4S. The second-order valence-electron chi connectivity index (χ2n) is 6.68. The smallest absolute Gasteiger partial charge is 0.191 e. The minimum Gasteiger partial charge on any atom is -0.356 e. The third-order valence-corrected chi connectivity index (χ3v) is 6.38. The lowest BCUT2D eigenvalue weighted by molar-refractivity contribution is 0.187. The molecule has 2 atom stereocenters. The predicted octanol–water partition coefficient (Wildman–Crippen LogP) is 3.18. The first kappa shape index (κ1) is 21.4. The van der Waals surface area contributed by atoms with Crippen LogP contribution < -0.4 is 10.6 Å². The van der Waals surface area contributed by atoms with Crippen molar-refractivity contribution in [1.29, 1.82) is 0 Å². The number of halogens is 1. The van der Waals surface area contributed by atoms with Crippen LogP contribution in [0.25, 0.3) is 0 Å². The van der Waals surface area contributed by atoms with Crippen molar-refractivity contribution in [2.75, 3.05) is 39.5 Å². The second kappa shape index (κ2) is 11.8. The van der Waals surface area contributed by atoms with E-state index in [0.717, 1.165) is 23.7 Å². The van der Waals surface area contributed by atoms with E-state index in [1.807, 2.05) is 18.8 Å². The van der Waals surface area contributed by atoms with Gasteiger partial charge in [0.15, 0.2) is 5.96 Å². The molecule has 2 unspecified atom stereocenters. The number of likely N-dealkylation sites (tertiary alicyclic amines) is 1. The third kappa shape index (κ3) is 7.38. The highest BCUT2D eigenvalue weighted by atomic mass is 127. The highest BCUT2D eigenvalue weighted by Crippen LogP contribution is 2.28. The highest BCUT2D eigenvalue weighted by Gasteiger charge is 2.24. The summed E-state index contributed by atoms with van der Waals surface area (Å²) in [5.41, 5.74) is 0. The van der Waals surface area contributed by atoms with Crippen molar-refractivity contribution < 1.29 is 0 Å². The summed E-state index contributed by atoms with van der Waals surface area (Å²) in [6.07, 6.45) is 10.1. The largest absolute Gasteiger partial charge is 0.356 e. The lowest BCUT2D eigenvalue weighted by Crippen LogP contribution is -2.43. The molecule has 136 valence electrons. The Bertz CT molecular complexity index is 345. The van der Waals surface area contributed by atoms with Gasteiger partial charge in [0.2, 0.25) is 0 Å². The molecule has 0 radical (unpaired) electrons. The lowest BCUT2D eigenvalue weighted by Gasteiger charge is -2.31. The molecule has 0 amide bonds. The average molecular weight is 454 g/mol. The fourth-order valence-corrected chi connectivity index (χ4v) is 4.46. The maximum Gasteiger partial charge on any atom is 0.191 e. The van der Waals surface area contributed by atoms with Crippen LogP contribution in [0.15, 0.2) is 4.99 Å². The molecule has 2 N–H and O–H groups in total. The summed E-state index contributed by atoms with van der Waals surface area (Å²) in [5, 5.41) is 7.95. The standard InChI is InChI=1S/C17H34N4S.HI/c1-4-21-11-8-14(9-12-21)7-10-19-17(18-2)20-15-5-6-16(13-15)22-3;/h14-16H,4-13H2,1-3H3,(H2,18,19,20);1H. The Morgan fingerprint density at radius 2 is 1.96 bits per heavy atom. The Morgan fingerprint density at radius 1 is 1.22 bits per heavy atom. The Balaban J connectivity index is 0.00000264. The second-order valence-corrected chi connectivity index (χ2v) is 7.82. The summed E-state index contributed by atoms with van der Waals surface area (Å²) in [6, 6.07) is 0.608. The van der Waals surface area contributed by atoms with Crippen molar-refractivity contribution in [2.45, 2.75) is 56.7 Å². The molecular weight excluding hydrogens is 419 g/mol. The van der Waals surface area contributed by atoms with Gasteiger partial charge in [-0.2, -0.15) is 11.8 Å². The molecule has 1 heterocycles. The van der Waals surface area contributed by atoms with Crippen LogP contribution in [-0.4, -0.2) is 61.6 Å². The number of thioether (sulfide) groups is 1. The Kier molecular flexibility index (Phi) is 10.9. The van der Waals surface area contributed by atoms with Gasteiger partial charge in [-0.15, -0.1) is 24.0 Å². The molecule has 1 saturated carbocycles. The van der Waals surface area contributed by atoms with Gasteiger partial charge in [-0.3, -0.25) is 4.99 Å². The van der Waals surface area contributed by atoms with Gasteiger partial charge in [0.1, 0.15) is 0 Å². The fraction of sp³-hybridized carbons (Fsp3) is 0.941. The number of aliphatic imine (C=N–C) groups is 1. The van der Waals surface area contributed by atoms with Crippen molar-refractivity contribution >= 4 is 41.7 Å². The zero-order valence-corrected chi connectivity index (χ0v) is 18.2. The number of rotatable bonds is 6. The van der Waals surface area contributed by atoms with E-state index in [1.54, 1.807) is 0 Å². The van der Waals surface area contributed by atoms with Crippen LogP contribution in [-0.2, 0) is 0 Å². The van der Waals surface area contributed by atoms with E-state index in [0.29, 0.717) is 6.04 Å². The van der Waals surface area contributed by atoms with Gasteiger partial charge >= 0.3 is 0 Å². The van der Waals surface area contributed by atoms with E-state index >= 15 is 0 Å². The van der Waals surface area contributed by atoms with Gasteiger partial charge < -0.3 is 15.5 Å². The highest BCUT2D eigenvalue weighted by molar-refractivity contribution is 14.0. The van der Waals surface area contributed by atoms with Crippen molar-refractivity contribution in [1.82, 2.24) is 15.5 Å². The van der Waals surface area contributed by atoms with Crippen LogP contribution in [0.5, 0.6) is 0 Å². The van der Waals surface area contributed by atoms with E-state index in [-0.39, 0.29) is 24.0 Å². The number of nitrogens with zero attached hydrogens (tertiary/aromatic N) is 2. The molecule has 0 spiro atoms. The zero-order valence-electron chi connectivity index (χ0n) is 15.0.